The second-order valence-corrected chi connectivity index (χ2v) is 25.2. The van der Waals surface area contributed by atoms with Gasteiger partial charge in [-0.15, -0.1) is 0 Å². The van der Waals surface area contributed by atoms with Crippen molar-refractivity contribution >= 4 is 26.4 Å². The van der Waals surface area contributed by atoms with Gasteiger partial charge in [0.2, 0.25) is 0 Å². The van der Waals surface area contributed by atoms with Crippen molar-refractivity contribution in [3.63, 3.8) is 0 Å². The first-order valence-corrected chi connectivity index (χ1v) is 25.9. The molecule has 0 N–H and O–H groups in total. The van der Waals surface area contributed by atoms with E-state index in [-0.39, 0.29) is 33.9 Å². The van der Waals surface area contributed by atoms with Gasteiger partial charge in [0.15, 0.2) is 0 Å². The first-order valence-electron chi connectivity index (χ1n) is 21.3. The first kappa shape index (κ1) is 47.2. The number of hydrogen-bond acceptors (Lipinski definition) is 0. The summed E-state index contributed by atoms with van der Waals surface area (Å²) in [5.74, 6) is 0.374. The third-order valence-corrected chi connectivity index (χ3v) is 21.6. The molecule has 0 saturated carbocycles. The van der Waals surface area contributed by atoms with E-state index in [0.717, 1.165) is 22.9 Å². The Morgan fingerprint density at radius 3 is 1.43 bits per heavy atom. The molecule has 6 aromatic rings. The molecule has 1 unspecified atom stereocenters. The Hall–Kier alpha value is -3.29. The molecule has 0 amide bonds. The molecule has 1 atom stereocenters. The van der Waals surface area contributed by atoms with Crippen molar-refractivity contribution < 1.29 is 46.1 Å². The standard InChI is InChI=1S/C31H29.C13H8Cl2.C12H19.2ClH.Zr/c1-18-11-20(3)30(21(4)12-18)24-7-9-28-26(15-24)17-27-16-25(8-10-29(27)28)31-22(5)13-19(2)14-23(31)6;14-12-5-1-3-10(8-12)7-11-4-2-6-13(15)9-11;1-5-6-10-7-8-11(9-10)12(2,3)4;;;/h7-17H,1-6H3;1-6,8-9H;8-10H,5-6H2,1-4H3;2*1H;/q;;;;;+2/p-2. The fourth-order valence-corrected chi connectivity index (χ4v) is 20.2. The Balaban J connectivity index is 0.00000311. The maximum Gasteiger partial charge on any atom is -1.00 e. The first-order chi connectivity index (χ1) is 28.1. The molecule has 61 heavy (non-hydrogen) atoms. The molecular formula is C56H56Cl4Zr. The van der Waals surface area contributed by atoms with Gasteiger partial charge in [-0.3, -0.25) is 0 Å². The zero-order chi connectivity index (χ0) is 41.9. The van der Waals surface area contributed by atoms with Gasteiger partial charge in [0, 0.05) is 0 Å². The molecule has 8 rings (SSSR count). The maximum absolute atomic E-state index is 6.97. The van der Waals surface area contributed by atoms with Gasteiger partial charge in [0.05, 0.1) is 0 Å². The molecule has 0 heterocycles. The summed E-state index contributed by atoms with van der Waals surface area (Å²) in [5.41, 5.74) is 22.8. The van der Waals surface area contributed by atoms with Crippen molar-refractivity contribution in [2.24, 2.45) is 11.3 Å². The van der Waals surface area contributed by atoms with Crippen LogP contribution in [0.4, 0.5) is 0 Å². The second-order valence-electron chi connectivity index (χ2n) is 18.3. The molecule has 0 bridgehead atoms. The van der Waals surface area contributed by atoms with Crippen LogP contribution < -0.4 is 24.8 Å². The molecule has 6 aromatic carbocycles. The van der Waals surface area contributed by atoms with Crippen LogP contribution in [0.1, 0.15) is 99.8 Å². The quantitative estimate of drug-likeness (QED) is 0.143. The van der Waals surface area contributed by atoms with Crippen LogP contribution >= 0.6 is 23.2 Å². The van der Waals surface area contributed by atoms with Crippen LogP contribution in [0.5, 0.6) is 0 Å². The van der Waals surface area contributed by atoms with Gasteiger partial charge in [0.1, 0.15) is 0 Å². The van der Waals surface area contributed by atoms with Crippen molar-refractivity contribution in [1.29, 1.82) is 0 Å². The number of halogens is 4. The number of hydrogen-bond donors (Lipinski definition) is 0. The molecule has 0 aromatic heterocycles. The maximum atomic E-state index is 6.97. The zero-order valence-electron chi connectivity index (χ0n) is 37.1. The van der Waals surface area contributed by atoms with Gasteiger partial charge in [-0.25, -0.2) is 0 Å². The van der Waals surface area contributed by atoms with Gasteiger partial charge in [0.25, 0.3) is 0 Å². The van der Waals surface area contributed by atoms with Crippen LogP contribution in [0.2, 0.25) is 10.0 Å². The summed E-state index contributed by atoms with van der Waals surface area (Å²) in [7, 11) is 0. The second kappa shape index (κ2) is 18.8. The van der Waals surface area contributed by atoms with Crippen molar-refractivity contribution in [3.8, 4) is 33.4 Å². The monoisotopic (exact) mass is 958 g/mol. The summed E-state index contributed by atoms with van der Waals surface area (Å²) in [6.45, 7) is 23.0. The van der Waals surface area contributed by atoms with Gasteiger partial charge in [-0.1, -0.05) is 0 Å². The predicted octanol–water partition coefficient (Wildman–Crippen LogP) is 10.4. The van der Waals surface area contributed by atoms with Crippen LogP contribution in [-0.2, 0) is 21.3 Å². The molecule has 0 nitrogen and oxygen atoms in total. The third kappa shape index (κ3) is 9.22. The van der Waals surface area contributed by atoms with Crippen molar-refractivity contribution in [3.05, 3.63) is 196 Å². The van der Waals surface area contributed by atoms with E-state index in [2.05, 4.69) is 178 Å². The number of benzene rings is 6. The minimum atomic E-state index is -3.25. The molecule has 0 aliphatic heterocycles. The molecule has 2 aliphatic carbocycles. The van der Waals surface area contributed by atoms with Crippen molar-refractivity contribution in [1.82, 2.24) is 0 Å². The Morgan fingerprint density at radius 1 is 0.590 bits per heavy atom. The summed E-state index contributed by atoms with van der Waals surface area (Å²) in [5, 5.41) is 1.52. The molecule has 0 fully saturated rings. The Morgan fingerprint density at radius 2 is 1.03 bits per heavy atom. The number of allylic oxidation sites excluding steroid dienone is 4. The minimum absolute atomic E-state index is 0. The van der Waals surface area contributed by atoms with Crippen molar-refractivity contribution in [2.75, 3.05) is 0 Å². The molecule has 0 radical (unpaired) electrons. The summed E-state index contributed by atoms with van der Waals surface area (Å²) in [4.78, 5) is 0. The summed E-state index contributed by atoms with van der Waals surface area (Å²) < 4.78 is 3.32. The van der Waals surface area contributed by atoms with E-state index in [1.165, 1.54) is 97.8 Å². The SMILES string of the molecule is CCCC1C=C(C(C)(C)C)C=[C]1[Zr+2](=[C](c1cccc(Cl)c1)c1cccc(Cl)c1)[CH]1c2cc(-c3c(C)cc(C)cc3C)ccc2-c2ccc(-c3c(C)cc(C)cc3C)cc21.[Cl-].[Cl-]. The molecule has 2 aliphatic rings. The Labute approximate surface area is 395 Å². The number of rotatable bonds is 8. The Bertz CT molecular complexity index is 2560. The fraction of sp³-hybridized carbons (Fsp3) is 0.268. The van der Waals surface area contributed by atoms with Crippen LogP contribution in [-0.4, -0.2) is 3.21 Å². The number of fused-ring (bicyclic) bond motifs is 3. The van der Waals surface area contributed by atoms with Crippen LogP contribution in [0.25, 0.3) is 33.4 Å². The molecule has 5 heteroatoms. The van der Waals surface area contributed by atoms with Crippen molar-refractivity contribution in [2.45, 2.75) is 85.7 Å². The Kier molecular flexibility index (Phi) is 14.6. The van der Waals surface area contributed by atoms with E-state index in [9.17, 15) is 0 Å². The fourth-order valence-electron chi connectivity index (χ4n) is 10.3. The zero-order valence-corrected chi connectivity index (χ0v) is 42.6. The van der Waals surface area contributed by atoms with Crippen LogP contribution in [0, 0.1) is 52.9 Å². The molecular weight excluding hydrogens is 906 g/mol. The summed E-state index contributed by atoms with van der Waals surface area (Å²) in [6, 6.07) is 41.5. The van der Waals surface area contributed by atoms with E-state index in [4.69, 9.17) is 23.2 Å². The van der Waals surface area contributed by atoms with E-state index in [1.807, 2.05) is 12.1 Å². The smallest absolute Gasteiger partial charge is 1.00 e. The minimum Gasteiger partial charge on any atom is -1.00 e. The van der Waals surface area contributed by atoms with Gasteiger partial charge < -0.3 is 24.8 Å². The van der Waals surface area contributed by atoms with E-state index in [1.54, 1.807) is 3.28 Å². The average molecular weight is 962 g/mol. The van der Waals surface area contributed by atoms with Gasteiger partial charge in [-0.05, 0) is 0 Å². The molecule has 312 valence electrons. The number of aryl methyl sites for hydroxylation is 6. The van der Waals surface area contributed by atoms with E-state index < -0.39 is 21.3 Å². The predicted molar refractivity (Wildman–Crippen MR) is 253 cm³/mol. The topological polar surface area (TPSA) is 0 Å². The summed E-state index contributed by atoms with van der Waals surface area (Å²) in [6.07, 6.45) is 7.55. The normalized spacial score (nSPS) is 14.2. The van der Waals surface area contributed by atoms with Crippen LogP contribution in [0.3, 0.4) is 0 Å². The van der Waals surface area contributed by atoms with Crippen LogP contribution in [0.15, 0.2) is 130 Å². The largest absolute Gasteiger partial charge is 1.00 e. The average Bonchev–Trinajstić information content (AvgIpc) is 3.72. The molecule has 0 spiro atoms. The third-order valence-electron chi connectivity index (χ3n) is 12.6. The molecule has 0 saturated heterocycles. The van der Waals surface area contributed by atoms with Gasteiger partial charge >= 0.3 is 374 Å². The van der Waals surface area contributed by atoms with E-state index >= 15 is 0 Å². The van der Waals surface area contributed by atoms with E-state index in [0.29, 0.717) is 5.92 Å². The summed E-state index contributed by atoms with van der Waals surface area (Å²) >= 11 is 10.7. The van der Waals surface area contributed by atoms with Gasteiger partial charge in [-0.2, -0.15) is 0 Å².